The number of hydrogen-bond acceptors (Lipinski definition) is 7. The Morgan fingerprint density at radius 2 is 0.926 bits per heavy atom. The Hall–Kier alpha value is -4.10. The van der Waals surface area contributed by atoms with Gasteiger partial charge in [-0.2, -0.15) is 0 Å². The summed E-state index contributed by atoms with van der Waals surface area (Å²) in [6.45, 7) is 15.3. The second-order valence-corrected chi connectivity index (χ2v) is 21.3. The largest absolute Gasteiger partial charge is 1.00 e. The summed E-state index contributed by atoms with van der Waals surface area (Å²) in [6.07, 6.45) is 19.2. The van der Waals surface area contributed by atoms with Gasteiger partial charge in [0.15, 0.2) is 29.9 Å². The molecule has 0 saturated carbocycles. The molecule has 0 saturated heterocycles. The van der Waals surface area contributed by atoms with Gasteiger partial charge in [0.1, 0.15) is 0 Å². The molecule has 0 aliphatic rings. The molecule has 81 heavy (non-hydrogen) atoms. The summed E-state index contributed by atoms with van der Waals surface area (Å²) in [7, 11) is 18.5. The minimum absolute atomic E-state index is 0. The van der Waals surface area contributed by atoms with Crippen molar-refractivity contribution >= 4 is 94.3 Å². The van der Waals surface area contributed by atoms with Crippen molar-refractivity contribution in [2.45, 2.75) is 119 Å². The number of carboxylic acids is 2. The van der Waals surface area contributed by atoms with E-state index in [2.05, 4.69) is 149 Å². The maximum atomic E-state index is 11.2. The second kappa shape index (κ2) is 47.3. The van der Waals surface area contributed by atoms with Crippen molar-refractivity contribution in [3.05, 3.63) is 140 Å². The molecule has 21 heteroatoms. The Bertz CT molecular complexity index is 2540. The topological polar surface area (TPSA) is 230 Å². The Labute approximate surface area is 540 Å². The van der Waals surface area contributed by atoms with E-state index in [9.17, 15) is 24.0 Å². The first-order chi connectivity index (χ1) is 36.7. The van der Waals surface area contributed by atoms with Gasteiger partial charge in [0.05, 0.1) is 45.5 Å². The van der Waals surface area contributed by atoms with Gasteiger partial charge < -0.3 is 60.7 Å². The van der Waals surface area contributed by atoms with Gasteiger partial charge in [0, 0.05) is 92.3 Å². The van der Waals surface area contributed by atoms with Gasteiger partial charge in [0.25, 0.3) is 0 Å². The molecule has 0 fully saturated rings. The van der Waals surface area contributed by atoms with Crippen molar-refractivity contribution in [3.8, 4) is 0 Å². The van der Waals surface area contributed by atoms with Gasteiger partial charge in [-0.3, -0.25) is 24.0 Å². The smallest absolute Gasteiger partial charge is 1.00 e. The minimum atomic E-state index is -0.753. The summed E-state index contributed by atoms with van der Waals surface area (Å²) in [5.74, 6) is -1.32. The van der Waals surface area contributed by atoms with Crippen LogP contribution in [0.2, 0.25) is 0 Å². The average molecular weight is 1360 g/mol. The maximum Gasteiger partial charge on any atom is 1.00 e. The van der Waals surface area contributed by atoms with Gasteiger partial charge in [0.2, 0.25) is 5.91 Å². The molecule has 8 N–H and O–H groups in total. The minimum Gasteiger partial charge on any atom is -1.00 e. The number of amides is 1. The second-order valence-electron chi connectivity index (χ2n) is 21.3. The molecular formula is C60H103AlI2LiN10O7+. The van der Waals surface area contributed by atoms with Crippen LogP contribution in [0.3, 0.4) is 0 Å². The van der Waals surface area contributed by atoms with Gasteiger partial charge in [-0.15, -0.1) is 24.0 Å². The number of halogens is 2. The molecule has 0 spiro atoms. The molecule has 6 heterocycles. The molecule has 0 atom stereocenters. The summed E-state index contributed by atoms with van der Waals surface area (Å²) in [6, 6.07) is 12.3. The first-order valence-corrected chi connectivity index (χ1v) is 28.8. The number of H-pyrrole nitrogens is 6. The normalized spacial score (nSPS) is 10.1. The van der Waals surface area contributed by atoms with E-state index in [4.69, 9.17) is 10.2 Å². The average Bonchev–Trinajstić information content (AvgIpc) is 4.25. The number of carbonyl (C=O) groups excluding carboxylic acids is 3. The summed E-state index contributed by atoms with van der Waals surface area (Å²) < 4.78 is 0.972. The maximum absolute atomic E-state index is 11.2. The number of rotatable bonds is 23. The molecule has 1 amide bonds. The van der Waals surface area contributed by atoms with Crippen LogP contribution < -0.4 is 18.9 Å². The van der Waals surface area contributed by atoms with Gasteiger partial charge in [-0.05, 0) is 209 Å². The Morgan fingerprint density at radius 3 is 1.26 bits per heavy atom. The zero-order valence-electron chi connectivity index (χ0n) is 52.5. The number of alkyl halides is 1. The van der Waals surface area contributed by atoms with Crippen molar-refractivity contribution in [3.63, 3.8) is 0 Å². The number of aliphatic carboxylic acids is 2. The molecule has 0 unspecified atom stereocenters. The Morgan fingerprint density at radius 1 is 0.543 bits per heavy atom. The number of aryl methyl sites for hydroxylation is 12. The Kier molecular flexibility index (Phi) is 48.7. The molecule has 0 bridgehead atoms. The molecule has 0 aromatic carbocycles. The number of quaternary nitrogens is 1. The molecule has 0 aliphatic heterocycles. The summed E-state index contributed by atoms with van der Waals surface area (Å²) in [5.41, 5.74) is 15.2. The van der Waals surface area contributed by atoms with E-state index >= 15 is 0 Å². The molecule has 6 rings (SSSR count). The summed E-state index contributed by atoms with van der Waals surface area (Å²) >= 11 is 2.15. The Balaban J connectivity index is -0.000000285. The number of aldehydes is 2. The third-order valence-corrected chi connectivity index (χ3v) is 11.7. The van der Waals surface area contributed by atoms with Crippen molar-refractivity contribution in [2.24, 2.45) is 0 Å². The fourth-order valence-electron chi connectivity index (χ4n) is 7.70. The predicted octanol–water partition coefficient (Wildman–Crippen LogP) is 6.85. The monoisotopic (exact) mass is 1360 g/mol. The van der Waals surface area contributed by atoms with Crippen LogP contribution in [0.5, 0.6) is 0 Å². The summed E-state index contributed by atoms with van der Waals surface area (Å²) in [4.78, 5) is 79.4. The van der Waals surface area contributed by atoms with E-state index < -0.39 is 11.9 Å². The molecule has 0 radical (unpaired) electrons. The van der Waals surface area contributed by atoms with Gasteiger partial charge in [-0.1, -0.05) is 22.6 Å². The number of aromatic nitrogens is 6. The fourth-order valence-corrected chi connectivity index (χ4v) is 7.70. The molecular weight excluding hydrogens is 1260 g/mol. The first kappa shape index (κ1) is 83.4. The van der Waals surface area contributed by atoms with Gasteiger partial charge >= 0.3 is 30.8 Å². The van der Waals surface area contributed by atoms with Crippen LogP contribution in [-0.2, 0) is 52.9 Å². The number of nitrogens with one attached hydrogen (secondary N) is 6. The standard InChI is InChI=1S/C12H20N2O.C11H18N2O.C10H16N2O.C10H18N2.2C8H11NO2.CH3I.Al.HI.Li.4H/c1-10-8-11(12(9-15)13-10)6-5-7-14(2,3)4;1-9-7-10(11(8-14)12-9)5-4-6-13(2)3;1-8-6-9(7-11-8)4-5-10(13)12(2)3;1-9-7-10(8-11-9)5-4-6-12(2)3;1-6-4-7(5-9-6)2-3-8(10)11;1-6-4-7(9-5-6)2-3-8(10)11;1-2;;;;;;;/h8-9H,5-7H2,1-4H3;7-8,12H,4-6H2,1-3H3;6-7,11H,4-5H2,1-3H3;7-8,11H,4-6H2,1-3H3;2*4-5,9H,2-3H2,1H3,(H,10,11);1H3;;1H;;;;;/q;;;;;;;;;+1;;;;-1/p+1. The number of hydrogen-bond donors (Lipinski definition) is 8. The van der Waals surface area contributed by atoms with Crippen molar-refractivity contribution in [1.82, 2.24) is 44.6 Å². The van der Waals surface area contributed by atoms with Crippen LogP contribution in [0.1, 0.15) is 128 Å². The van der Waals surface area contributed by atoms with Crippen molar-refractivity contribution in [2.75, 3.05) is 88.0 Å². The van der Waals surface area contributed by atoms with E-state index in [-0.39, 0.29) is 80.4 Å². The number of aromatic amines is 6. The number of nitrogens with zero attached hydrogens (tertiary/aromatic N) is 4. The molecule has 6 aromatic rings. The van der Waals surface area contributed by atoms with Crippen molar-refractivity contribution in [1.29, 1.82) is 0 Å². The van der Waals surface area contributed by atoms with Crippen LogP contribution in [0.15, 0.2) is 61.2 Å². The SMILES string of the molecule is CI.Cc1c[nH]c(CCC(=O)O)c1.Cc1cc(CCC(=O)N(C)C)c[nH]1.Cc1cc(CCC(=O)O)c[nH]1.Cc1cc(CCCN(C)C)c(C=O)[nH]1.Cc1cc(CCCN(C)C)c[nH]1.Cc1cc(CCC[N+](C)(C)C)c(C=O)[nH]1.I.[AlH3].[H-].[Li+]. The van der Waals surface area contributed by atoms with Crippen LogP contribution in [-0.4, -0.2) is 195 Å². The van der Waals surface area contributed by atoms with Crippen molar-refractivity contribution < 1.29 is 59.0 Å². The van der Waals surface area contributed by atoms with E-state index in [1.807, 2.05) is 70.3 Å². The van der Waals surface area contributed by atoms with E-state index in [0.29, 0.717) is 19.3 Å². The third-order valence-electron chi connectivity index (χ3n) is 11.7. The van der Waals surface area contributed by atoms with Crippen LogP contribution in [0.25, 0.3) is 0 Å². The molecule has 17 nitrogen and oxygen atoms in total. The van der Waals surface area contributed by atoms with Crippen LogP contribution in [0, 0.1) is 41.5 Å². The van der Waals surface area contributed by atoms with Crippen LogP contribution in [0.4, 0.5) is 0 Å². The summed E-state index contributed by atoms with van der Waals surface area (Å²) in [5, 5.41) is 16.7. The number of carbonyl (C=O) groups is 5. The van der Waals surface area contributed by atoms with Crippen LogP contribution >= 0.6 is 46.6 Å². The zero-order chi connectivity index (χ0) is 59.4. The van der Waals surface area contributed by atoms with E-state index in [1.54, 1.807) is 19.0 Å². The molecule has 452 valence electrons. The molecule has 6 aromatic heterocycles. The quantitative estimate of drug-likeness (QED) is 0.0110. The predicted molar refractivity (Wildman–Crippen MR) is 354 cm³/mol. The fraction of sp³-hybridized carbons (Fsp3) is 0.517. The van der Waals surface area contributed by atoms with E-state index in [1.165, 1.54) is 36.2 Å². The third kappa shape index (κ3) is 43.2. The van der Waals surface area contributed by atoms with E-state index in [0.717, 1.165) is 124 Å². The van der Waals surface area contributed by atoms with Gasteiger partial charge in [-0.25, -0.2) is 0 Å². The number of carboxylic acid groups (broad SMARTS) is 2. The first-order valence-electron chi connectivity index (χ1n) is 26.6. The molecule has 0 aliphatic carbocycles. The zero-order valence-corrected chi connectivity index (χ0v) is 56.0.